The molecule has 1 fully saturated rings. The van der Waals surface area contributed by atoms with Crippen molar-refractivity contribution < 1.29 is 9.63 Å². The standard InChI is InChI=1S/C10H17N3O2/c11-10(4-1-2-5-10)7-9-12-8(3-6-14)13-15-9/h14H,1-7,11H2. The third-order valence-electron chi connectivity index (χ3n) is 2.95. The van der Waals surface area contributed by atoms with Gasteiger partial charge in [0, 0.05) is 18.4 Å². The Labute approximate surface area is 88.7 Å². The van der Waals surface area contributed by atoms with Gasteiger partial charge in [-0.3, -0.25) is 0 Å². The van der Waals surface area contributed by atoms with E-state index in [1.807, 2.05) is 0 Å². The van der Waals surface area contributed by atoms with Gasteiger partial charge < -0.3 is 15.4 Å². The number of rotatable bonds is 4. The lowest BCUT2D eigenvalue weighted by atomic mass is 9.95. The Kier molecular flexibility index (Phi) is 3.02. The van der Waals surface area contributed by atoms with Gasteiger partial charge in [-0.25, -0.2) is 0 Å². The Morgan fingerprint density at radius 3 is 2.80 bits per heavy atom. The summed E-state index contributed by atoms with van der Waals surface area (Å²) in [5, 5.41) is 12.5. The van der Waals surface area contributed by atoms with Gasteiger partial charge in [0.15, 0.2) is 5.82 Å². The van der Waals surface area contributed by atoms with Gasteiger partial charge in [-0.1, -0.05) is 18.0 Å². The van der Waals surface area contributed by atoms with Crippen molar-refractivity contribution in [3.05, 3.63) is 11.7 Å². The summed E-state index contributed by atoms with van der Waals surface area (Å²) < 4.78 is 5.09. The summed E-state index contributed by atoms with van der Waals surface area (Å²) in [5.74, 6) is 1.16. The summed E-state index contributed by atoms with van der Waals surface area (Å²) in [7, 11) is 0. The molecule has 3 N–H and O–H groups in total. The van der Waals surface area contributed by atoms with Gasteiger partial charge in [-0.2, -0.15) is 4.98 Å². The third kappa shape index (κ3) is 2.54. The number of nitrogens with zero attached hydrogens (tertiary/aromatic N) is 2. The van der Waals surface area contributed by atoms with Gasteiger partial charge in [0.2, 0.25) is 5.89 Å². The van der Waals surface area contributed by atoms with Gasteiger partial charge in [0.25, 0.3) is 0 Å². The minimum atomic E-state index is -0.150. The first-order valence-electron chi connectivity index (χ1n) is 5.43. The first-order valence-corrected chi connectivity index (χ1v) is 5.43. The van der Waals surface area contributed by atoms with E-state index >= 15 is 0 Å². The van der Waals surface area contributed by atoms with E-state index in [0.29, 0.717) is 24.6 Å². The molecule has 0 saturated heterocycles. The van der Waals surface area contributed by atoms with Crippen LogP contribution in [-0.2, 0) is 12.8 Å². The highest BCUT2D eigenvalue weighted by atomic mass is 16.5. The van der Waals surface area contributed by atoms with E-state index in [9.17, 15) is 0 Å². The first-order chi connectivity index (χ1) is 7.22. The van der Waals surface area contributed by atoms with E-state index in [4.69, 9.17) is 15.4 Å². The van der Waals surface area contributed by atoms with Gasteiger partial charge in [0.05, 0.1) is 6.61 Å². The van der Waals surface area contributed by atoms with Crippen LogP contribution in [0.4, 0.5) is 0 Å². The van der Waals surface area contributed by atoms with Gasteiger partial charge >= 0.3 is 0 Å². The van der Waals surface area contributed by atoms with Crippen LogP contribution in [0.5, 0.6) is 0 Å². The molecule has 0 unspecified atom stereocenters. The van der Waals surface area contributed by atoms with Crippen LogP contribution in [0.25, 0.3) is 0 Å². The van der Waals surface area contributed by atoms with E-state index in [1.165, 1.54) is 12.8 Å². The fraction of sp³-hybridized carbons (Fsp3) is 0.800. The molecule has 0 amide bonds. The van der Waals surface area contributed by atoms with Crippen molar-refractivity contribution in [2.45, 2.75) is 44.1 Å². The number of aromatic nitrogens is 2. The van der Waals surface area contributed by atoms with Gasteiger partial charge in [-0.15, -0.1) is 0 Å². The van der Waals surface area contributed by atoms with E-state index in [1.54, 1.807) is 0 Å². The Bertz CT molecular complexity index is 318. The maximum absolute atomic E-state index is 8.72. The summed E-state index contributed by atoms with van der Waals surface area (Å²) in [6, 6.07) is 0. The second-order valence-corrected chi connectivity index (χ2v) is 4.32. The number of hydrogen-bond donors (Lipinski definition) is 2. The van der Waals surface area contributed by atoms with Crippen molar-refractivity contribution in [2.75, 3.05) is 6.61 Å². The Morgan fingerprint density at radius 2 is 2.13 bits per heavy atom. The lowest BCUT2D eigenvalue weighted by Crippen LogP contribution is -2.38. The Balaban J connectivity index is 1.97. The summed E-state index contributed by atoms with van der Waals surface area (Å²) in [6.07, 6.45) is 5.55. The predicted molar refractivity (Wildman–Crippen MR) is 54.2 cm³/mol. The van der Waals surface area contributed by atoms with Crippen molar-refractivity contribution in [2.24, 2.45) is 5.73 Å². The van der Waals surface area contributed by atoms with Gasteiger partial charge in [0.1, 0.15) is 0 Å². The molecule has 0 aromatic carbocycles. The molecule has 1 heterocycles. The summed E-state index contributed by atoms with van der Waals surface area (Å²) in [5.41, 5.74) is 6.05. The fourth-order valence-corrected chi connectivity index (χ4v) is 2.12. The molecule has 5 nitrogen and oxygen atoms in total. The number of nitrogens with two attached hydrogens (primary N) is 1. The van der Waals surface area contributed by atoms with E-state index in [2.05, 4.69) is 10.1 Å². The largest absolute Gasteiger partial charge is 0.396 e. The van der Waals surface area contributed by atoms with Crippen molar-refractivity contribution in [1.29, 1.82) is 0 Å². The van der Waals surface area contributed by atoms with Crippen molar-refractivity contribution >= 4 is 0 Å². The second-order valence-electron chi connectivity index (χ2n) is 4.32. The zero-order chi connectivity index (χ0) is 10.7. The summed E-state index contributed by atoms with van der Waals surface area (Å²) in [4.78, 5) is 4.19. The van der Waals surface area contributed by atoms with Gasteiger partial charge in [-0.05, 0) is 12.8 Å². The molecule has 1 aliphatic carbocycles. The van der Waals surface area contributed by atoms with Crippen LogP contribution in [0.3, 0.4) is 0 Å². The van der Waals surface area contributed by atoms with Crippen molar-refractivity contribution in [3.63, 3.8) is 0 Å². The van der Waals surface area contributed by atoms with Crippen LogP contribution in [0, 0.1) is 0 Å². The highest BCUT2D eigenvalue weighted by Crippen LogP contribution is 2.29. The zero-order valence-corrected chi connectivity index (χ0v) is 8.78. The second kappa shape index (κ2) is 4.28. The molecular formula is C10H17N3O2. The smallest absolute Gasteiger partial charge is 0.228 e. The Hall–Kier alpha value is -0.940. The van der Waals surface area contributed by atoms with Crippen molar-refractivity contribution in [3.8, 4) is 0 Å². The molecule has 1 aromatic rings. The zero-order valence-electron chi connectivity index (χ0n) is 8.78. The minimum Gasteiger partial charge on any atom is -0.396 e. The molecular weight excluding hydrogens is 194 g/mol. The average Bonchev–Trinajstić information content (AvgIpc) is 2.77. The quantitative estimate of drug-likeness (QED) is 0.753. The lowest BCUT2D eigenvalue weighted by Gasteiger charge is -2.20. The van der Waals surface area contributed by atoms with Crippen LogP contribution in [0.2, 0.25) is 0 Å². The van der Waals surface area contributed by atoms with Crippen LogP contribution < -0.4 is 5.73 Å². The summed E-state index contributed by atoms with van der Waals surface area (Å²) in [6.45, 7) is 0.0484. The molecule has 1 saturated carbocycles. The normalized spacial score (nSPS) is 19.6. The van der Waals surface area contributed by atoms with E-state index in [0.717, 1.165) is 12.8 Å². The summed E-state index contributed by atoms with van der Waals surface area (Å²) >= 11 is 0. The third-order valence-corrected chi connectivity index (χ3v) is 2.95. The molecule has 0 radical (unpaired) electrons. The van der Waals surface area contributed by atoms with Crippen LogP contribution in [0.1, 0.15) is 37.4 Å². The average molecular weight is 211 g/mol. The molecule has 1 aromatic heterocycles. The monoisotopic (exact) mass is 211 g/mol. The molecule has 15 heavy (non-hydrogen) atoms. The molecule has 5 heteroatoms. The number of aliphatic hydroxyl groups is 1. The van der Waals surface area contributed by atoms with Crippen LogP contribution in [0.15, 0.2) is 4.52 Å². The van der Waals surface area contributed by atoms with Crippen LogP contribution in [-0.4, -0.2) is 27.4 Å². The Morgan fingerprint density at radius 1 is 1.40 bits per heavy atom. The molecule has 2 rings (SSSR count). The van der Waals surface area contributed by atoms with Crippen LogP contribution >= 0.6 is 0 Å². The topological polar surface area (TPSA) is 85.2 Å². The fourth-order valence-electron chi connectivity index (χ4n) is 2.12. The molecule has 0 atom stereocenters. The lowest BCUT2D eigenvalue weighted by molar-refractivity contribution is 0.291. The highest BCUT2D eigenvalue weighted by molar-refractivity contribution is 4.98. The maximum atomic E-state index is 8.72. The number of aliphatic hydroxyl groups excluding tert-OH is 1. The molecule has 84 valence electrons. The first kappa shape index (κ1) is 10.6. The molecule has 0 aliphatic heterocycles. The van der Waals surface area contributed by atoms with E-state index < -0.39 is 0 Å². The number of hydrogen-bond acceptors (Lipinski definition) is 5. The molecule has 0 bridgehead atoms. The SMILES string of the molecule is NC1(Cc2nc(CCO)no2)CCCC1. The maximum Gasteiger partial charge on any atom is 0.228 e. The molecule has 1 aliphatic rings. The van der Waals surface area contributed by atoms with Crippen molar-refractivity contribution in [1.82, 2.24) is 10.1 Å². The van der Waals surface area contributed by atoms with E-state index in [-0.39, 0.29) is 12.1 Å². The molecule has 0 spiro atoms. The predicted octanol–water partition coefficient (Wildman–Crippen LogP) is 0.418. The highest BCUT2D eigenvalue weighted by Gasteiger charge is 2.31. The minimum absolute atomic E-state index is 0.0484.